The Morgan fingerprint density at radius 3 is 2.53 bits per heavy atom. The molecule has 1 aromatic heterocycles. The van der Waals surface area contributed by atoms with E-state index in [1.54, 1.807) is 13.0 Å². The molecule has 3 N–H and O–H groups in total. The molecule has 1 heterocycles. The van der Waals surface area contributed by atoms with Crippen LogP contribution in [0.25, 0.3) is 22.0 Å². The summed E-state index contributed by atoms with van der Waals surface area (Å²) in [7, 11) is 0. The number of para-hydroxylation sites is 2. The van der Waals surface area contributed by atoms with Crippen LogP contribution in [0, 0.1) is 5.41 Å². The lowest BCUT2D eigenvalue weighted by Gasteiger charge is -2.15. The van der Waals surface area contributed by atoms with Crippen molar-refractivity contribution in [2.24, 2.45) is 5.73 Å². The highest BCUT2D eigenvalue weighted by molar-refractivity contribution is 6.00. The Balaban J connectivity index is 1.74. The van der Waals surface area contributed by atoms with Gasteiger partial charge in [-0.05, 0) is 57.5 Å². The van der Waals surface area contributed by atoms with Crippen LogP contribution in [0.5, 0.6) is 11.5 Å². The maximum Gasteiger partial charge on any atom is 0.310 e. The van der Waals surface area contributed by atoms with Crippen molar-refractivity contribution in [2.45, 2.75) is 46.8 Å². The second-order valence-electron chi connectivity index (χ2n) is 9.12. The summed E-state index contributed by atoms with van der Waals surface area (Å²) in [5.74, 6) is 0.876. The van der Waals surface area contributed by atoms with Crippen molar-refractivity contribution in [1.29, 1.82) is 5.41 Å². The van der Waals surface area contributed by atoms with Crippen LogP contribution in [-0.4, -0.2) is 34.8 Å². The maximum absolute atomic E-state index is 12.1. The van der Waals surface area contributed by atoms with Gasteiger partial charge in [-0.1, -0.05) is 36.4 Å². The Kier molecular flexibility index (Phi) is 8.31. The third kappa shape index (κ3) is 5.64. The number of aromatic nitrogens is 2. The molecule has 0 amide bonds. The molecule has 0 saturated heterocycles. The lowest BCUT2D eigenvalue weighted by molar-refractivity contribution is -0.142. The first-order valence-corrected chi connectivity index (χ1v) is 12.8. The minimum Gasteiger partial charge on any atom is -0.492 e. The fraction of sp³-hybridized carbons (Fsp3) is 0.300. The van der Waals surface area contributed by atoms with Gasteiger partial charge >= 0.3 is 5.97 Å². The highest BCUT2D eigenvalue weighted by Gasteiger charge is 2.18. The van der Waals surface area contributed by atoms with E-state index in [4.69, 9.17) is 30.5 Å². The van der Waals surface area contributed by atoms with E-state index >= 15 is 0 Å². The number of nitrogens with one attached hydrogen (secondary N) is 1. The third-order valence-corrected chi connectivity index (χ3v) is 6.15. The topological polar surface area (TPSA) is 112 Å². The fourth-order valence-electron chi connectivity index (χ4n) is 4.45. The third-order valence-electron chi connectivity index (χ3n) is 6.15. The molecule has 4 aromatic rings. The molecular formula is C30H34N4O4. The van der Waals surface area contributed by atoms with Crippen LogP contribution in [0.1, 0.15) is 50.6 Å². The molecule has 0 aliphatic heterocycles. The molecule has 4 rings (SSSR count). The SMILES string of the molecule is CCOC(=O)Cc1ccccc1OCc1nn(C(C)C)c2ccc(-c3cccc(C(=N)N)c3OCC)cc12. The number of nitrogens with two attached hydrogens (primary N) is 1. The number of nitrogens with zero attached hydrogens (tertiary/aromatic N) is 2. The number of hydrogen-bond donors (Lipinski definition) is 2. The summed E-state index contributed by atoms with van der Waals surface area (Å²) in [6, 6.07) is 19.4. The largest absolute Gasteiger partial charge is 0.492 e. The number of fused-ring (bicyclic) bond motifs is 1. The average Bonchev–Trinajstić information content (AvgIpc) is 3.26. The molecule has 0 aliphatic carbocycles. The normalized spacial score (nSPS) is 11.1. The van der Waals surface area contributed by atoms with E-state index in [9.17, 15) is 4.79 Å². The number of ether oxygens (including phenoxy) is 3. The van der Waals surface area contributed by atoms with Crippen LogP contribution in [0.2, 0.25) is 0 Å². The van der Waals surface area contributed by atoms with Crippen molar-refractivity contribution >= 4 is 22.7 Å². The molecule has 8 heteroatoms. The molecule has 0 radical (unpaired) electrons. The van der Waals surface area contributed by atoms with Crippen molar-refractivity contribution < 1.29 is 19.0 Å². The van der Waals surface area contributed by atoms with Gasteiger partial charge in [0.2, 0.25) is 0 Å². The van der Waals surface area contributed by atoms with Crippen molar-refractivity contribution in [3.8, 4) is 22.6 Å². The lowest BCUT2D eigenvalue weighted by atomic mass is 9.99. The second-order valence-corrected chi connectivity index (χ2v) is 9.12. The van der Waals surface area contributed by atoms with Gasteiger partial charge in [-0.3, -0.25) is 14.9 Å². The first kappa shape index (κ1) is 26.7. The lowest BCUT2D eigenvalue weighted by Crippen LogP contribution is -2.13. The van der Waals surface area contributed by atoms with Crippen LogP contribution in [0.4, 0.5) is 0 Å². The van der Waals surface area contributed by atoms with Crippen molar-refractivity contribution in [2.75, 3.05) is 13.2 Å². The Morgan fingerprint density at radius 1 is 1.03 bits per heavy atom. The molecule has 0 spiro atoms. The Labute approximate surface area is 222 Å². The number of benzene rings is 3. The number of carbonyl (C=O) groups excluding carboxylic acids is 1. The van der Waals surface area contributed by atoms with E-state index in [0.717, 1.165) is 33.3 Å². The first-order chi connectivity index (χ1) is 18.3. The zero-order valence-electron chi connectivity index (χ0n) is 22.3. The van der Waals surface area contributed by atoms with E-state index in [-0.39, 0.29) is 30.9 Å². The summed E-state index contributed by atoms with van der Waals surface area (Å²) in [5.41, 5.74) is 10.7. The van der Waals surface area contributed by atoms with Gasteiger partial charge in [-0.15, -0.1) is 0 Å². The highest BCUT2D eigenvalue weighted by atomic mass is 16.5. The van der Waals surface area contributed by atoms with Crippen LogP contribution in [-0.2, 0) is 22.6 Å². The van der Waals surface area contributed by atoms with E-state index < -0.39 is 0 Å². The molecular weight excluding hydrogens is 480 g/mol. The average molecular weight is 515 g/mol. The summed E-state index contributed by atoms with van der Waals surface area (Å²) in [4.78, 5) is 12.1. The summed E-state index contributed by atoms with van der Waals surface area (Å²) in [6.07, 6.45) is 0.141. The molecule has 8 nitrogen and oxygen atoms in total. The maximum atomic E-state index is 12.1. The quantitative estimate of drug-likeness (QED) is 0.152. The molecule has 38 heavy (non-hydrogen) atoms. The van der Waals surface area contributed by atoms with Gasteiger partial charge in [0.05, 0.1) is 30.7 Å². The van der Waals surface area contributed by atoms with Crippen molar-refractivity contribution in [3.63, 3.8) is 0 Å². The monoisotopic (exact) mass is 514 g/mol. The standard InChI is InChI=1S/C30H34N4O4/c1-5-36-28(35)17-21-10-7-8-13-27(21)38-18-25-24-16-20(14-15-26(24)34(33-25)19(3)4)22-11-9-12-23(30(31)32)29(22)37-6-2/h7-16,19H,5-6,17-18H2,1-4H3,(H3,31,32). The van der Waals surface area contributed by atoms with Gasteiger partial charge in [0.25, 0.3) is 0 Å². The van der Waals surface area contributed by atoms with Gasteiger partial charge in [0, 0.05) is 22.6 Å². The van der Waals surface area contributed by atoms with Gasteiger partial charge in [0.15, 0.2) is 0 Å². The highest BCUT2D eigenvalue weighted by Crippen LogP contribution is 2.36. The van der Waals surface area contributed by atoms with E-state index in [2.05, 4.69) is 19.9 Å². The van der Waals surface area contributed by atoms with Gasteiger partial charge in [-0.25, -0.2) is 0 Å². The minimum atomic E-state index is -0.291. The molecule has 0 atom stereocenters. The van der Waals surface area contributed by atoms with Crippen molar-refractivity contribution in [1.82, 2.24) is 9.78 Å². The molecule has 0 saturated carbocycles. The van der Waals surface area contributed by atoms with Crippen LogP contribution < -0.4 is 15.2 Å². The first-order valence-electron chi connectivity index (χ1n) is 12.8. The number of esters is 1. The van der Waals surface area contributed by atoms with E-state index in [1.165, 1.54) is 0 Å². The molecule has 3 aromatic carbocycles. The van der Waals surface area contributed by atoms with Crippen molar-refractivity contribution in [3.05, 3.63) is 77.5 Å². The van der Waals surface area contributed by atoms with E-state index in [1.807, 2.05) is 60.1 Å². The summed E-state index contributed by atoms with van der Waals surface area (Å²) in [6.45, 7) is 8.89. The number of nitrogen functional groups attached to an aromatic ring is 1. The molecule has 0 aliphatic rings. The zero-order valence-corrected chi connectivity index (χ0v) is 22.3. The Bertz CT molecular complexity index is 1460. The molecule has 0 bridgehead atoms. The Hall–Kier alpha value is -4.33. The Morgan fingerprint density at radius 2 is 1.82 bits per heavy atom. The van der Waals surface area contributed by atoms with Gasteiger partial charge < -0.3 is 19.9 Å². The number of hydrogen-bond acceptors (Lipinski definition) is 6. The zero-order chi connectivity index (χ0) is 27.2. The van der Waals surface area contributed by atoms with Crippen LogP contribution in [0.3, 0.4) is 0 Å². The predicted molar refractivity (Wildman–Crippen MR) is 149 cm³/mol. The number of rotatable bonds is 11. The number of amidine groups is 1. The van der Waals surface area contributed by atoms with Gasteiger partial charge in [-0.2, -0.15) is 5.10 Å². The van der Waals surface area contributed by atoms with E-state index in [0.29, 0.717) is 30.3 Å². The fourth-order valence-corrected chi connectivity index (χ4v) is 4.45. The summed E-state index contributed by atoms with van der Waals surface area (Å²) < 4.78 is 19.2. The number of carbonyl (C=O) groups is 1. The van der Waals surface area contributed by atoms with Crippen LogP contribution in [0.15, 0.2) is 60.7 Å². The summed E-state index contributed by atoms with van der Waals surface area (Å²) >= 11 is 0. The molecule has 198 valence electrons. The summed E-state index contributed by atoms with van der Waals surface area (Å²) in [5, 5.41) is 13.8. The van der Waals surface area contributed by atoms with Gasteiger partial charge in [0.1, 0.15) is 29.6 Å². The molecule has 0 unspecified atom stereocenters. The second kappa shape index (κ2) is 11.8. The smallest absolute Gasteiger partial charge is 0.310 e. The molecule has 0 fully saturated rings. The van der Waals surface area contributed by atoms with Crippen LogP contribution >= 0.6 is 0 Å². The minimum absolute atomic E-state index is 0.0421. The predicted octanol–water partition coefficient (Wildman–Crippen LogP) is 5.65.